The number of rotatable bonds is 6. The average Bonchev–Trinajstić information content (AvgIpc) is 2.68. The molecule has 1 N–H and O–H groups in total. The number of halogens is 1. The number of hydrogen-bond donors (Lipinski definition) is 1. The van der Waals surface area contributed by atoms with Crippen LogP contribution in [0, 0.1) is 5.82 Å². The Labute approximate surface area is 158 Å². The summed E-state index contributed by atoms with van der Waals surface area (Å²) in [6.07, 6.45) is 1.68. The van der Waals surface area contributed by atoms with Crippen molar-refractivity contribution in [3.8, 4) is 0 Å². The normalized spacial score (nSPS) is 11.7. The molecule has 5 heteroatoms. The molecule has 1 atom stereocenters. The van der Waals surface area contributed by atoms with Crippen molar-refractivity contribution in [2.45, 2.75) is 26.4 Å². The molecule has 0 unspecified atom stereocenters. The van der Waals surface area contributed by atoms with Crippen molar-refractivity contribution in [1.29, 1.82) is 0 Å². The van der Waals surface area contributed by atoms with Gasteiger partial charge in [-0.05, 0) is 36.2 Å². The van der Waals surface area contributed by atoms with Gasteiger partial charge in [0, 0.05) is 30.9 Å². The summed E-state index contributed by atoms with van der Waals surface area (Å²) in [5.41, 5.74) is 2.75. The fourth-order valence-corrected chi connectivity index (χ4v) is 2.87. The molecule has 2 aromatic carbocycles. The smallest absolute Gasteiger partial charge is 0.224 e. The van der Waals surface area contributed by atoms with E-state index in [1.165, 1.54) is 19.1 Å². The lowest BCUT2D eigenvalue weighted by Crippen LogP contribution is -2.28. The summed E-state index contributed by atoms with van der Waals surface area (Å²) in [5, 5.41) is 3.37. The molecule has 4 nitrogen and oxygen atoms in total. The van der Waals surface area contributed by atoms with E-state index in [4.69, 9.17) is 0 Å². The first-order valence-electron chi connectivity index (χ1n) is 8.83. The first-order valence-corrected chi connectivity index (χ1v) is 8.83. The van der Waals surface area contributed by atoms with Crippen molar-refractivity contribution in [2.24, 2.45) is 0 Å². The number of carbonyl (C=O) groups excluding carboxylic acids is 1. The van der Waals surface area contributed by atoms with Crippen LogP contribution in [0.25, 0.3) is 0 Å². The quantitative estimate of drug-likeness (QED) is 0.674. The van der Waals surface area contributed by atoms with Gasteiger partial charge < -0.3 is 10.2 Å². The van der Waals surface area contributed by atoms with Gasteiger partial charge in [0.25, 0.3) is 0 Å². The van der Waals surface area contributed by atoms with Crippen LogP contribution in [-0.2, 0) is 11.3 Å². The highest BCUT2D eigenvalue weighted by molar-refractivity contribution is 5.91. The summed E-state index contributed by atoms with van der Waals surface area (Å²) in [7, 11) is 0. The van der Waals surface area contributed by atoms with Crippen LogP contribution in [0.5, 0.6) is 0 Å². The van der Waals surface area contributed by atoms with Crippen molar-refractivity contribution in [1.82, 2.24) is 4.98 Å². The SMILES string of the molecule is CC(=O)N(Cc1ccc(F)cc1)c1ccnc(N[C@H](C)c2ccccc2)c1. The van der Waals surface area contributed by atoms with Gasteiger partial charge in [-0.3, -0.25) is 4.79 Å². The van der Waals surface area contributed by atoms with Crippen molar-refractivity contribution < 1.29 is 9.18 Å². The molecule has 0 fully saturated rings. The molecular weight excluding hydrogens is 341 g/mol. The largest absolute Gasteiger partial charge is 0.363 e. The van der Waals surface area contributed by atoms with Gasteiger partial charge in [0.15, 0.2) is 0 Å². The predicted molar refractivity (Wildman–Crippen MR) is 106 cm³/mol. The Morgan fingerprint density at radius 1 is 1.11 bits per heavy atom. The molecule has 0 aliphatic rings. The molecule has 27 heavy (non-hydrogen) atoms. The topological polar surface area (TPSA) is 45.2 Å². The van der Waals surface area contributed by atoms with Crippen LogP contribution >= 0.6 is 0 Å². The molecule has 3 rings (SSSR count). The molecule has 0 aliphatic heterocycles. The monoisotopic (exact) mass is 363 g/mol. The molecule has 0 bridgehead atoms. The summed E-state index contributed by atoms with van der Waals surface area (Å²) < 4.78 is 13.1. The number of pyridine rings is 1. The van der Waals surface area contributed by atoms with Gasteiger partial charge in [-0.15, -0.1) is 0 Å². The standard InChI is InChI=1S/C22H22FN3O/c1-16(19-6-4-3-5-7-19)25-22-14-21(12-13-24-22)26(17(2)27)15-18-8-10-20(23)11-9-18/h3-14,16H,15H2,1-2H3,(H,24,25)/t16-/m1/s1. The lowest BCUT2D eigenvalue weighted by atomic mass is 10.1. The maximum absolute atomic E-state index is 13.1. The maximum Gasteiger partial charge on any atom is 0.224 e. The zero-order valence-electron chi connectivity index (χ0n) is 15.4. The second kappa shape index (κ2) is 8.45. The predicted octanol–water partition coefficient (Wildman–Crippen LogP) is 4.95. The fraction of sp³-hybridized carbons (Fsp3) is 0.182. The molecule has 1 aromatic heterocycles. The summed E-state index contributed by atoms with van der Waals surface area (Å²) in [5.74, 6) is 0.306. The fourth-order valence-electron chi connectivity index (χ4n) is 2.87. The van der Waals surface area contributed by atoms with Crippen molar-refractivity contribution in [3.63, 3.8) is 0 Å². The van der Waals surface area contributed by atoms with Gasteiger partial charge >= 0.3 is 0 Å². The van der Waals surface area contributed by atoms with Gasteiger partial charge in [-0.25, -0.2) is 9.37 Å². The highest BCUT2D eigenvalue weighted by Gasteiger charge is 2.14. The Bertz CT molecular complexity index is 897. The molecule has 0 saturated heterocycles. The Morgan fingerprint density at radius 3 is 2.48 bits per heavy atom. The van der Waals surface area contributed by atoms with E-state index in [0.717, 1.165) is 16.8 Å². The molecule has 0 radical (unpaired) electrons. The second-order valence-corrected chi connectivity index (χ2v) is 6.41. The van der Waals surface area contributed by atoms with Crippen LogP contribution in [0.3, 0.4) is 0 Å². The molecule has 3 aromatic rings. The number of benzene rings is 2. The maximum atomic E-state index is 13.1. The van der Waals surface area contributed by atoms with Gasteiger partial charge in [0.1, 0.15) is 11.6 Å². The third-order valence-corrected chi connectivity index (χ3v) is 4.35. The third kappa shape index (κ3) is 4.91. The summed E-state index contributed by atoms with van der Waals surface area (Å²) in [4.78, 5) is 18.2. The average molecular weight is 363 g/mol. The molecule has 1 amide bonds. The Morgan fingerprint density at radius 2 is 1.81 bits per heavy atom. The van der Waals surface area contributed by atoms with E-state index in [-0.39, 0.29) is 17.8 Å². The highest BCUT2D eigenvalue weighted by Crippen LogP contribution is 2.23. The number of carbonyl (C=O) groups is 1. The van der Waals surface area contributed by atoms with Gasteiger partial charge in [-0.2, -0.15) is 0 Å². The summed E-state index contributed by atoms with van der Waals surface area (Å²) in [6.45, 7) is 3.95. The number of anilines is 2. The zero-order valence-corrected chi connectivity index (χ0v) is 15.4. The molecular formula is C22H22FN3O. The number of amides is 1. The highest BCUT2D eigenvalue weighted by atomic mass is 19.1. The van der Waals surface area contributed by atoms with Crippen LogP contribution < -0.4 is 10.2 Å². The van der Waals surface area contributed by atoms with E-state index in [2.05, 4.69) is 29.4 Å². The van der Waals surface area contributed by atoms with E-state index in [1.54, 1.807) is 29.3 Å². The summed E-state index contributed by atoms with van der Waals surface area (Å²) in [6, 6.07) is 20.0. The van der Waals surface area contributed by atoms with Crippen LogP contribution in [0.1, 0.15) is 31.0 Å². The van der Waals surface area contributed by atoms with E-state index >= 15 is 0 Å². The van der Waals surface area contributed by atoms with Crippen LogP contribution in [-0.4, -0.2) is 10.9 Å². The van der Waals surface area contributed by atoms with Crippen molar-refractivity contribution in [2.75, 3.05) is 10.2 Å². The number of aromatic nitrogens is 1. The van der Waals surface area contributed by atoms with Gasteiger partial charge in [-0.1, -0.05) is 42.5 Å². The Hall–Kier alpha value is -3.21. The van der Waals surface area contributed by atoms with E-state index in [1.807, 2.05) is 24.3 Å². The van der Waals surface area contributed by atoms with Gasteiger partial charge in [0.05, 0.1) is 6.54 Å². The molecule has 1 heterocycles. The van der Waals surface area contributed by atoms with E-state index in [0.29, 0.717) is 12.4 Å². The minimum absolute atomic E-state index is 0.0804. The second-order valence-electron chi connectivity index (χ2n) is 6.41. The number of hydrogen-bond acceptors (Lipinski definition) is 3. The minimum Gasteiger partial charge on any atom is -0.363 e. The Balaban J connectivity index is 1.79. The lowest BCUT2D eigenvalue weighted by molar-refractivity contribution is -0.116. The van der Waals surface area contributed by atoms with Gasteiger partial charge in [0.2, 0.25) is 5.91 Å². The minimum atomic E-state index is -0.293. The molecule has 0 spiro atoms. The van der Waals surface area contributed by atoms with Crippen LogP contribution in [0.2, 0.25) is 0 Å². The van der Waals surface area contributed by atoms with Crippen molar-refractivity contribution in [3.05, 3.63) is 89.9 Å². The first kappa shape index (κ1) is 18.6. The van der Waals surface area contributed by atoms with Crippen LogP contribution in [0.15, 0.2) is 72.9 Å². The summed E-state index contributed by atoms with van der Waals surface area (Å²) >= 11 is 0. The first-order chi connectivity index (χ1) is 13.0. The molecule has 0 saturated carbocycles. The Kier molecular flexibility index (Phi) is 5.81. The molecule has 0 aliphatic carbocycles. The zero-order chi connectivity index (χ0) is 19.2. The van der Waals surface area contributed by atoms with E-state index in [9.17, 15) is 9.18 Å². The third-order valence-electron chi connectivity index (χ3n) is 4.35. The molecule has 138 valence electrons. The number of nitrogens with zero attached hydrogens (tertiary/aromatic N) is 2. The number of nitrogens with one attached hydrogen (secondary N) is 1. The van der Waals surface area contributed by atoms with Crippen LogP contribution in [0.4, 0.5) is 15.9 Å². The lowest BCUT2D eigenvalue weighted by Gasteiger charge is -2.22. The van der Waals surface area contributed by atoms with E-state index < -0.39 is 0 Å². The van der Waals surface area contributed by atoms with Crippen molar-refractivity contribution >= 4 is 17.4 Å².